The SMILES string of the molecule is CCOC(=O)CCC(NC(=O)c1ccc(OCc2nc3cc(C(F)(F)F)ccc3n3cccc23)cc1)C(=O)OCC. The number of amides is 1. The third-order valence-electron chi connectivity index (χ3n) is 6.17. The highest BCUT2D eigenvalue weighted by atomic mass is 19.4. The molecule has 12 heteroatoms. The molecule has 2 heterocycles. The Morgan fingerprint density at radius 3 is 2.39 bits per heavy atom. The highest BCUT2D eigenvalue weighted by molar-refractivity contribution is 5.97. The quantitative estimate of drug-likeness (QED) is 0.250. The van der Waals surface area contributed by atoms with Crippen molar-refractivity contribution in [1.82, 2.24) is 14.7 Å². The van der Waals surface area contributed by atoms with Crippen LogP contribution in [0.4, 0.5) is 13.2 Å². The fourth-order valence-corrected chi connectivity index (χ4v) is 4.21. The van der Waals surface area contributed by atoms with Gasteiger partial charge in [0.05, 0.1) is 35.3 Å². The van der Waals surface area contributed by atoms with Crippen LogP contribution in [0, 0.1) is 0 Å². The molecule has 1 atom stereocenters. The number of carbonyl (C=O) groups is 3. The van der Waals surface area contributed by atoms with Crippen LogP contribution in [0.25, 0.3) is 16.6 Å². The fourth-order valence-electron chi connectivity index (χ4n) is 4.21. The van der Waals surface area contributed by atoms with Crippen molar-refractivity contribution in [2.45, 2.75) is 45.5 Å². The summed E-state index contributed by atoms with van der Waals surface area (Å²) in [5, 5.41) is 2.59. The number of nitrogens with zero attached hydrogens (tertiary/aromatic N) is 2. The van der Waals surface area contributed by atoms with Gasteiger partial charge in [-0.2, -0.15) is 13.2 Å². The third-order valence-corrected chi connectivity index (χ3v) is 6.17. The van der Waals surface area contributed by atoms with Gasteiger partial charge in [0, 0.05) is 18.2 Å². The molecule has 0 saturated heterocycles. The van der Waals surface area contributed by atoms with Gasteiger partial charge in [-0.05, 0) is 74.9 Å². The highest BCUT2D eigenvalue weighted by Crippen LogP contribution is 2.31. The number of esters is 2. The van der Waals surface area contributed by atoms with Gasteiger partial charge >= 0.3 is 18.1 Å². The molecule has 1 amide bonds. The zero-order valence-electron chi connectivity index (χ0n) is 22.4. The number of alkyl halides is 3. The van der Waals surface area contributed by atoms with Crippen LogP contribution in [0.5, 0.6) is 5.75 Å². The summed E-state index contributed by atoms with van der Waals surface area (Å²) in [4.78, 5) is 41.2. The van der Waals surface area contributed by atoms with E-state index in [2.05, 4.69) is 10.3 Å². The molecular weight excluding hydrogens is 543 g/mol. The number of rotatable bonds is 11. The molecule has 216 valence electrons. The zero-order valence-corrected chi connectivity index (χ0v) is 22.4. The number of carbonyl (C=O) groups excluding carboxylic acids is 3. The van der Waals surface area contributed by atoms with Gasteiger partial charge in [0.25, 0.3) is 5.91 Å². The molecule has 0 bridgehead atoms. The molecule has 0 aliphatic carbocycles. The second kappa shape index (κ2) is 12.7. The summed E-state index contributed by atoms with van der Waals surface area (Å²) >= 11 is 0. The van der Waals surface area contributed by atoms with Crippen LogP contribution >= 0.6 is 0 Å². The van der Waals surface area contributed by atoms with Gasteiger partial charge in [-0.1, -0.05) is 0 Å². The van der Waals surface area contributed by atoms with Gasteiger partial charge in [0.15, 0.2) is 0 Å². The minimum Gasteiger partial charge on any atom is -0.487 e. The van der Waals surface area contributed by atoms with E-state index in [1.54, 1.807) is 48.7 Å². The van der Waals surface area contributed by atoms with Crippen molar-refractivity contribution in [3.8, 4) is 5.75 Å². The predicted octanol–water partition coefficient (Wildman–Crippen LogP) is 5.09. The van der Waals surface area contributed by atoms with Gasteiger partial charge in [0.2, 0.25) is 0 Å². The molecule has 0 fully saturated rings. The van der Waals surface area contributed by atoms with E-state index >= 15 is 0 Å². The summed E-state index contributed by atoms with van der Waals surface area (Å²) in [6.45, 7) is 3.58. The molecule has 0 aliphatic rings. The maximum Gasteiger partial charge on any atom is 0.416 e. The molecular formula is C29H28F3N3O6. The van der Waals surface area contributed by atoms with E-state index < -0.39 is 35.6 Å². The smallest absolute Gasteiger partial charge is 0.416 e. The van der Waals surface area contributed by atoms with Crippen LogP contribution < -0.4 is 10.1 Å². The van der Waals surface area contributed by atoms with Crippen LogP contribution in [0.15, 0.2) is 60.8 Å². The van der Waals surface area contributed by atoms with Crippen molar-refractivity contribution in [2.24, 2.45) is 0 Å². The Labute approximate surface area is 233 Å². The molecule has 2 aromatic heterocycles. The average molecular weight is 572 g/mol. The zero-order chi connectivity index (χ0) is 29.6. The second-order valence-corrected chi connectivity index (χ2v) is 8.96. The molecule has 9 nitrogen and oxygen atoms in total. The average Bonchev–Trinajstić information content (AvgIpc) is 3.44. The Morgan fingerprint density at radius 2 is 1.71 bits per heavy atom. The lowest BCUT2D eigenvalue weighted by atomic mass is 10.1. The number of benzene rings is 2. The van der Waals surface area contributed by atoms with E-state index in [1.807, 2.05) is 0 Å². The number of fused-ring (bicyclic) bond motifs is 3. The Kier molecular flexibility index (Phi) is 9.10. The first-order valence-electron chi connectivity index (χ1n) is 12.9. The van der Waals surface area contributed by atoms with Gasteiger partial charge in [-0.25, -0.2) is 9.78 Å². The monoisotopic (exact) mass is 571 g/mol. The van der Waals surface area contributed by atoms with Gasteiger partial charge in [-0.15, -0.1) is 0 Å². The molecule has 0 saturated carbocycles. The summed E-state index contributed by atoms with van der Waals surface area (Å²) < 4.78 is 57.2. The molecule has 4 aromatic rings. The second-order valence-electron chi connectivity index (χ2n) is 8.96. The Balaban J connectivity index is 1.45. The van der Waals surface area contributed by atoms with Crippen LogP contribution in [0.2, 0.25) is 0 Å². The number of hydrogen-bond acceptors (Lipinski definition) is 7. The van der Waals surface area contributed by atoms with E-state index in [9.17, 15) is 27.6 Å². The first kappa shape index (κ1) is 29.4. The van der Waals surface area contributed by atoms with Crippen molar-refractivity contribution in [2.75, 3.05) is 13.2 Å². The van der Waals surface area contributed by atoms with E-state index in [-0.39, 0.29) is 43.7 Å². The van der Waals surface area contributed by atoms with Gasteiger partial charge in [-0.3, -0.25) is 9.59 Å². The van der Waals surface area contributed by atoms with Gasteiger partial charge < -0.3 is 23.9 Å². The fraction of sp³-hybridized carbons (Fsp3) is 0.310. The number of ether oxygens (including phenoxy) is 3. The summed E-state index contributed by atoms with van der Waals surface area (Å²) in [6.07, 6.45) is -2.81. The third kappa shape index (κ3) is 7.13. The Hall–Kier alpha value is -4.61. The molecule has 2 aromatic carbocycles. The Bertz CT molecular complexity index is 1550. The minimum absolute atomic E-state index is 0.0159. The normalized spacial score (nSPS) is 12.2. The summed E-state index contributed by atoms with van der Waals surface area (Å²) in [5.41, 5.74) is 1.26. The summed E-state index contributed by atoms with van der Waals surface area (Å²) in [5.74, 6) is -1.31. The first-order chi connectivity index (χ1) is 19.6. The molecule has 4 rings (SSSR count). The molecule has 0 spiro atoms. The van der Waals surface area contributed by atoms with Crippen LogP contribution in [0.1, 0.15) is 48.3 Å². The van der Waals surface area contributed by atoms with Crippen LogP contribution in [0.3, 0.4) is 0 Å². The van der Waals surface area contributed by atoms with E-state index in [1.165, 1.54) is 18.2 Å². The molecule has 0 radical (unpaired) electrons. The van der Waals surface area contributed by atoms with Crippen LogP contribution in [-0.4, -0.2) is 46.5 Å². The standard InChI is InChI=1S/C29H28F3N3O6/c1-3-39-26(36)14-12-21(28(38)40-4-2)34-27(37)18-7-10-20(11-8-18)41-17-23-24-6-5-15-35(24)25-13-9-19(29(30,31)32)16-22(25)33-23/h5-11,13,15-16,21H,3-4,12,14,17H2,1-2H3,(H,34,37). The van der Waals surface area contributed by atoms with Crippen molar-refractivity contribution >= 4 is 34.4 Å². The van der Waals surface area contributed by atoms with E-state index in [0.717, 1.165) is 12.1 Å². The first-order valence-corrected chi connectivity index (χ1v) is 12.9. The van der Waals surface area contributed by atoms with Crippen LogP contribution in [-0.2, 0) is 31.8 Å². The lowest BCUT2D eigenvalue weighted by molar-refractivity contribution is -0.147. The maximum absolute atomic E-state index is 13.2. The lowest BCUT2D eigenvalue weighted by Crippen LogP contribution is -2.42. The lowest BCUT2D eigenvalue weighted by Gasteiger charge is -2.17. The summed E-state index contributed by atoms with van der Waals surface area (Å²) in [7, 11) is 0. The largest absolute Gasteiger partial charge is 0.487 e. The molecule has 1 N–H and O–H groups in total. The predicted molar refractivity (Wildman–Crippen MR) is 142 cm³/mol. The molecule has 0 aliphatic heterocycles. The Morgan fingerprint density at radius 1 is 0.976 bits per heavy atom. The molecule has 1 unspecified atom stereocenters. The number of hydrogen-bond donors (Lipinski definition) is 1. The highest BCUT2D eigenvalue weighted by Gasteiger charge is 2.31. The van der Waals surface area contributed by atoms with Crippen molar-refractivity contribution in [3.63, 3.8) is 0 Å². The minimum atomic E-state index is -4.50. The number of halogens is 3. The topological polar surface area (TPSA) is 108 Å². The van der Waals surface area contributed by atoms with Crippen molar-refractivity contribution < 1.29 is 41.8 Å². The van der Waals surface area contributed by atoms with Gasteiger partial charge in [0.1, 0.15) is 24.1 Å². The van der Waals surface area contributed by atoms with E-state index in [4.69, 9.17) is 14.2 Å². The number of aromatic nitrogens is 2. The van der Waals surface area contributed by atoms with Crippen molar-refractivity contribution in [1.29, 1.82) is 0 Å². The summed E-state index contributed by atoms with van der Waals surface area (Å²) in [6, 6.07) is 12.0. The maximum atomic E-state index is 13.2. The molecule has 41 heavy (non-hydrogen) atoms. The number of nitrogens with one attached hydrogen (secondary N) is 1. The van der Waals surface area contributed by atoms with E-state index in [0.29, 0.717) is 22.5 Å². The van der Waals surface area contributed by atoms with Crippen molar-refractivity contribution in [3.05, 3.63) is 77.6 Å².